The van der Waals surface area contributed by atoms with Crippen LogP contribution in [0.15, 0.2) is 29.1 Å². The van der Waals surface area contributed by atoms with Crippen molar-refractivity contribution in [2.75, 3.05) is 5.75 Å². The van der Waals surface area contributed by atoms with Crippen LogP contribution in [0.4, 0.5) is 0 Å². The van der Waals surface area contributed by atoms with Crippen LogP contribution in [-0.4, -0.2) is 24.4 Å². The average Bonchev–Trinajstić information content (AvgIpc) is 2.38. The molecule has 0 aliphatic rings. The molecule has 1 heterocycles. The molecule has 0 saturated heterocycles. The molecule has 96 valence electrons. The van der Waals surface area contributed by atoms with E-state index in [1.807, 2.05) is 0 Å². The van der Waals surface area contributed by atoms with Crippen LogP contribution >= 0.6 is 0 Å². The SMILES string of the molecule is CCS(=O)(=O)NCc1n[nH]c(=O)c2ccccc12. The fraction of sp³-hybridized carbons (Fsp3) is 0.273. The van der Waals surface area contributed by atoms with E-state index in [0.29, 0.717) is 16.5 Å². The van der Waals surface area contributed by atoms with Crippen LogP contribution in [-0.2, 0) is 16.6 Å². The molecule has 7 heteroatoms. The third-order valence-corrected chi connectivity index (χ3v) is 3.96. The molecule has 0 fully saturated rings. The van der Waals surface area contributed by atoms with Gasteiger partial charge in [-0.05, 0) is 13.0 Å². The third-order valence-electron chi connectivity index (χ3n) is 2.61. The Morgan fingerprint density at radius 1 is 1.28 bits per heavy atom. The molecule has 0 saturated carbocycles. The summed E-state index contributed by atoms with van der Waals surface area (Å²) in [5.74, 6) is 0.00822. The summed E-state index contributed by atoms with van der Waals surface area (Å²) >= 11 is 0. The second-order valence-electron chi connectivity index (χ2n) is 3.77. The molecule has 0 aliphatic heterocycles. The Hall–Kier alpha value is -1.73. The van der Waals surface area contributed by atoms with Gasteiger partial charge >= 0.3 is 0 Å². The highest BCUT2D eigenvalue weighted by Crippen LogP contribution is 2.12. The molecule has 0 unspecified atom stereocenters. The van der Waals surface area contributed by atoms with Crippen molar-refractivity contribution in [2.45, 2.75) is 13.5 Å². The highest BCUT2D eigenvalue weighted by atomic mass is 32.2. The predicted octanol–water partition coefficient (Wildman–Crippen LogP) is 0.362. The smallest absolute Gasteiger partial charge is 0.267 e. The fourth-order valence-corrected chi connectivity index (χ4v) is 2.15. The maximum atomic E-state index is 11.5. The van der Waals surface area contributed by atoms with Crippen LogP contribution in [0.3, 0.4) is 0 Å². The lowest BCUT2D eigenvalue weighted by Gasteiger charge is -2.06. The molecule has 18 heavy (non-hydrogen) atoms. The molecule has 2 aromatic rings. The standard InChI is InChI=1S/C11H13N3O3S/c1-2-18(16,17)12-7-10-8-5-3-4-6-9(8)11(15)14-13-10/h3-6,12H,2,7H2,1H3,(H,14,15). The van der Waals surface area contributed by atoms with Gasteiger partial charge in [-0.1, -0.05) is 18.2 Å². The minimum absolute atomic E-state index is 0.00822. The second-order valence-corrected chi connectivity index (χ2v) is 5.87. The second kappa shape index (κ2) is 4.87. The summed E-state index contributed by atoms with van der Waals surface area (Å²) in [4.78, 5) is 11.5. The van der Waals surface area contributed by atoms with Gasteiger partial charge in [-0.2, -0.15) is 5.10 Å². The number of H-pyrrole nitrogens is 1. The van der Waals surface area contributed by atoms with E-state index in [1.165, 1.54) is 0 Å². The fourth-order valence-electron chi connectivity index (χ4n) is 1.59. The normalized spacial score (nSPS) is 11.8. The lowest BCUT2D eigenvalue weighted by Crippen LogP contribution is -2.26. The topological polar surface area (TPSA) is 91.9 Å². The van der Waals surface area contributed by atoms with Gasteiger partial charge in [0.1, 0.15) is 0 Å². The Bertz CT molecular complexity index is 722. The number of nitrogens with zero attached hydrogens (tertiary/aromatic N) is 1. The van der Waals surface area contributed by atoms with Gasteiger partial charge in [0.25, 0.3) is 5.56 Å². The molecule has 2 N–H and O–H groups in total. The Balaban J connectivity index is 2.41. The minimum Gasteiger partial charge on any atom is -0.267 e. The van der Waals surface area contributed by atoms with Crippen molar-refractivity contribution in [3.8, 4) is 0 Å². The van der Waals surface area contributed by atoms with Crippen LogP contribution in [0.25, 0.3) is 10.8 Å². The predicted molar refractivity (Wildman–Crippen MR) is 68.7 cm³/mol. The van der Waals surface area contributed by atoms with Crippen LogP contribution in [0.5, 0.6) is 0 Å². The lowest BCUT2D eigenvalue weighted by atomic mass is 10.1. The molecule has 1 aromatic carbocycles. The highest BCUT2D eigenvalue weighted by molar-refractivity contribution is 7.89. The summed E-state index contributed by atoms with van der Waals surface area (Å²) in [6.07, 6.45) is 0. The number of nitrogens with one attached hydrogen (secondary N) is 2. The molecule has 0 spiro atoms. The van der Waals surface area contributed by atoms with E-state index >= 15 is 0 Å². The number of hydrogen-bond acceptors (Lipinski definition) is 4. The number of rotatable bonds is 4. The molecule has 1 aromatic heterocycles. The van der Waals surface area contributed by atoms with E-state index in [4.69, 9.17) is 0 Å². The number of benzene rings is 1. The third kappa shape index (κ3) is 2.57. The zero-order chi connectivity index (χ0) is 13.2. The van der Waals surface area contributed by atoms with E-state index < -0.39 is 10.0 Å². The van der Waals surface area contributed by atoms with Gasteiger partial charge in [-0.3, -0.25) is 4.79 Å². The first-order valence-electron chi connectivity index (χ1n) is 5.47. The van der Waals surface area contributed by atoms with Gasteiger partial charge in [0.15, 0.2) is 0 Å². The average molecular weight is 267 g/mol. The Morgan fingerprint density at radius 2 is 1.94 bits per heavy atom. The lowest BCUT2D eigenvalue weighted by molar-refractivity contribution is 0.581. The Labute approximate surface area is 104 Å². The molecular formula is C11H13N3O3S. The van der Waals surface area contributed by atoms with E-state index in [9.17, 15) is 13.2 Å². The molecule has 0 atom stereocenters. The van der Waals surface area contributed by atoms with Gasteiger partial charge in [-0.15, -0.1) is 0 Å². The summed E-state index contributed by atoms with van der Waals surface area (Å²) in [6, 6.07) is 6.94. The molecular weight excluding hydrogens is 254 g/mol. The van der Waals surface area contributed by atoms with E-state index in [0.717, 1.165) is 0 Å². The zero-order valence-electron chi connectivity index (χ0n) is 9.80. The molecule has 0 aliphatic carbocycles. The number of fused-ring (bicyclic) bond motifs is 1. The van der Waals surface area contributed by atoms with Gasteiger partial charge in [0.05, 0.1) is 23.4 Å². The van der Waals surface area contributed by atoms with E-state index in [-0.39, 0.29) is 17.9 Å². The van der Waals surface area contributed by atoms with Gasteiger partial charge in [-0.25, -0.2) is 18.2 Å². The van der Waals surface area contributed by atoms with Crippen molar-refractivity contribution in [3.05, 3.63) is 40.3 Å². The summed E-state index contributed by atoms with van der Waals surface area (Å²) in [7, 11) is -3.28. The van der Waals surface area contributed by atoms with Gasteiger partial charge < -0.3 is 0 Å². The van der Waals surface area contributed by atoms with Crippen LogP contribution < -0.4 is 10.3 Å². The largest absolute Gasteiger partial charge is 0.272 e. The van der Waals surface area contributed by atoms with Crippen molar-refractivity contribution in [1.29, 1.82) is 0 Å². The monoisotopic (exact) mass is 267 g/mol. The zero-order valence-corrected chi connectivity index (χ0v) is 10.6. The van der Waals surface area contributed by atoms with Crippen LogP contribution in [0, 0.1) is 0 Å². The number of sulfonamides is 1. The maximum Gasteiger partial charge on any atom is 0.272 e. The Morgan fingerprint density at radius 3 is 2.61 bits per heavy atom. The number of aromatic amines is 1. The molecule has 2 rings (SSSR count). The van der Waals surface area contributed by atoms with Crippen LogP contribution in [0.1, 0.15) is 12.6 Å². The van der Waals surface area contributed by atoms with Crippen molar-refractivity contribution >= 4 is 20.8 Å². The first-order chi connectivity index (χ1) is 8.53. The van der Waals surface area contributed by atoms with Crippen molar-refractivity contribution < 1.29 is 8.42 Å². The van der Waals surface area contributed by atoms with E-state index in [2.05, 4.69) is 14.9 Å². The molecule has 0 bridgehead atoms. The van der Waals surface area contributed by atoms with Gasteiger partial charge in [0.2, 0.25) is 10.0 Å². The maximum absolute atomic E-state index is 11.5. The highest BCUT2D eigenvalue weighted by Gasteiger charge is 2.10. The first kappa shape index (κ1) is 12.7. The summed E-state index contributed by atoms with van der Waals surface area (Å²) in [6.45, 7) is 1.62. The first-order valence-corrected chi connectivity index (χ1v) is 7.12. The van der Waals surface area contributed by atoms with E-state index in [1.54, 1.807) is 31.2 Å². The molecule has 0 radical (unpaired) electrons. The Kier molecular flexibility index (Phi) is 3.44. The number of hydrogen-bond donors (Lipinski definition) is 2. The van der Waals surface area contributed by atoms with Gasteiger partial charge in [0, 0.05) is 5.39 Å². The summed E-state index contributed by atoms with van der Waals surface area (Å²) in [5, 5.41) is 7.39. The quantitative estimate of drug-likeness (QED) is 0.836. The summed E-state index contributed by atoms with van der Waals surface area (Å²) < 4.78 is 25.2. The summed E-state index contributed by atoms with van der Waals surface area (Å²) in [5.41, 5.74) is 0.218. The van der Waals surface area contributed by atoms with Crippen molar-refractivity contribution in [1.82, 2.24) is 14.9 Å². The molecule has 0 amide bonds. The van der Waals surface area contributed by atoms with Crippen molar-refractivity contribution in [2.24, 2.45) is 0 Å². The minimum atomic E-state index is -3.28. The molecule has 6 nitrogen and oxygen atoms in total. The van der Waals surface area contributed by atoms with Crippen molar-refractivity contribution in [3.63, 3.8) is 0 Å². The number of aromatic nitrogens is 2. The van der Waals surface area contributed by atoms with Crippen LogP contribution in [0.2, 0.25) is 0 Å².